The summed E-state index contributed by atoms with van der Waals surface area (Å²) >= 11 is 0. The Kier molecular flexibility index (Phi) is 5.94. The minimum atomic E-state index is -0.410. The van der Waals surface area contributed by atoms with E-state index in [9.17, 15) is 10.4 Å². The van der Waals surface area contributed by atoms with E-state index in [4.69, 9.17) is 11.5 Å². The number of nitrogen functional groups attached to an aromatic ring is 1. The second-order valence-electron chi connectivity index (χ2n) is 5.78. The Balaban J connectivity index is 0.00000243. The largest absolute Gasteiger partial charge is 0.507 e. The standard InChI is InChI=1S/C20H18N4O.CH4/c21-12-16-15(17(22)10-13-6-2-1-3-7-13)11-18(24-20(16)23)14-8-4-5-9-19(14)25;/h1-9,11,17,25H,10,22H2,(H2,23,24);1H4/t17-;/m1./s1. The maximum Gasteiger partial charge on any atom is 0.142 e. The molecule has 0 saturated heterocycles. The van der Waals surface area contributed by atoms with Crippen LogP contribution in [0.15, 0.2) is 60.7 Å². The molecule has 3 aromatic rings. The molecule has 0 saturated carbocycles. The van der Waals surface area contributed by atoms with Crippen molar-refractivity contribution < 1.29 is 5.11 Å². The summed E-state index contributed by atoms with van der Waals surface area (Å²) in [6, 6.07) is 20.1. The van der Waals surface area contributed by atoms with E-state index in [0.29, 0.717) is 23.2 Å². The van der Waals surface area contributed by atoms with Gasteiger partial charge in [-0.2, -0.15) is 5.26 Å². The van der Waals surface area contributed by atoms with Gasteiger partial charge in [0, 0.05) is 11.6 Å². The lowest BCUT2D eigenvalue weighted by molar-refractivity contribution is 0.477. The van der Waals surface area contributed by atoms with Gasteiger partial charge in [0.25, 0.3) is 0 Å². The van der Waals surface area contributed by atoms with E-state index in [-0.39, 0.29) is 24.6 Å². The third-order valence-corrected chi connectivity index (χ3v) is 4.07. The van der Waals surface area contributed by atoms with Gasteiger partial charge in [-0.15, -0.1) is 0 Å². The summed E-state index contributed by atoms with van der Waals surface area (Å²) in [5, 5.41) is 19.5. The van der Waals surface area contributed by atoms with Crippen molar-refractivity contribution in [2.75, 3.05) is 5.73 Å². The summed E-state index contributed by atoms with van der Waals surface area (Å²) in [6.45, 7) is 0. The first-order chi connectivity index (χ1) is 12.1. The molecule has 0 amide bonds. The molecule has 0 fully saturated rings. The Labute approximate surface area is 153 Å². The molecule has 26 heavy (non-hydrogen) atoms. The Morgan fingerprint density at radius 3 is 2.38 bits per heavy atom. The van der Waals surface area contributed by atoms with Gasteiger partial charge in [-0.3, -0.25) is 0 Å². The molecular weight excluding hydrogens is 324 g/mol. The third kappa shape index (κ3) is 3.82. The molecule has 2 aromatic carbocycles. The number of aromatic nitrogens is 1. The number of para-hydroxylation sites is 1. The molecule has 0 aliphatic heterocycles. The fourth-order valence-corrected chi connectivity index (χ4v) is 2.81. The summed E-state index contributed by atoms with van der Waals surface area (Å²) in [5.41, 5.74) is 15.4. The van der Waals surface area contributed by atoms with E-state index < -0.39 is 6.04 Å². The highest BCUT2D eigenvalue weighted by Crippen LogP contribution is 2.32. The monoisotopic (exact) mass is 346 g/mol. The molecule has 5 heteroatoms. The van der Waals surface area contributed by atoms with Crippen LogP contribution in [0.1, 0.15) is 30.2 Å². The lowest BCUT2D eigenvalue weighted by atomic mass is 9.94. The molecular formula is C21H22N4O. The topological polar surface area (TPSA) is 109 Å². The number of pyridine rings is 1. The van der Waals surface area contributed by atoms with Crippen molar-refractivity contribution in [3.8, 4) is 23.1 Å². The zero-order chi connectivity index (χ0) is 17.8. The molecule has 5 nitrogen and oxygen atoms in total. The van der Waals surface area contributed by atoms with Gasteiger partial charge in [0.1, 0.15) is 17.6 Å². The van der Waals surface area contributed by atoms with Gasteiger partial charge in [-0.25, -0.2) is 4.98 Å². The lowest BCUT2D eigenvalue weighted by Gasteiger charge is -2.16. The van der Waals surface area contributed by atoms with Gasteiger partial charge in [0.05, 0.1) is 11.3 Å². The Morgan fingerprint density at radius 2 is 1.73 bits per heavy atom. The van der Waals surface area contributed by atoms with Crippen LogP contribution in [0.5, 0.6) is 5.75 Å². The predicted molar refractivity (Wildman–Crippen MR) is 104 cm³/mol. The van der Waals surface area contributed by atoms with E-state index in [1.807, 2.05) is 30.3 Å². The molecule has 0 radical (unpaired) electrons. The van der Waals surface area contributed by atoms with Gasteiger partial charge in [0.15, 0.2) is 0 Å². The number of nitrogens with two attached hydrogens (primary N) is 2. The Bertz CT molecular complexity index is 932. The fraction of sp³-hybridized carbons (Fsp3) is 0.143. The number of nitriles is 1. The highest BCUT2D eigenvalue weighted by atomic mass is 16.3. The van der Waals surface area contributed by atoms with Crippen molar-refractivity contribution in [3.63, 3.8) is 0 Å². The van der Waals surface area contributed by atoms with Crippen LogP contribution in [0, 0.1) is 11.3 Å². The highest BCUT2D eigenvalue weighted by Gasteiger charge is 2.18. The molecule has 0 spiro atoms. The molecule has 0 unspecified atom stereocenters. The maximum atomic E-state index is 10.1. The van der Waals surface area contributed by atoms with Gasteiger partial charge in [-0.05, 0) is 35.7 Å². The molecule has 1 atom stereocenters. The van der Waals surface area contributed by atoms with Crippen LogP contribution in [-0.2, 0) is 6.42 Å². The number of hydrogen-bond donors (Lipinski definition) is 3. The summed E-state index contributed by atoms with van der Waals surface area (Å²) < 4.78 is 0. The molecule has 5 N–H and O–H groups in total. The molecule has 1 heterocycles. The summed E-state index contributed by atoms with van der Waals surface area (Å²) in [5.74, 6) is 0.212. The van der Waals surface area contributed by atoms with Crippen LogP contribution in [0.25, 0.3) is 11.3 Å². The summed E-state index contributed by atoms with van der Waals surface area (Å²) in [4.78, 5) is 4.26. The van der Waals surface area contributed by atoms with Crippen molar-refractivity contribution >= 4 is 5.82 Å². The van der Waals surface area contributed by atoms with Gasteiger partial charge in [0.2, 0.25) is 0 Å². The SMILES string of the molecule is C.N#Cc1c([C@H](N)Cc2ccccc2)cc(-c2ccccc2O)nc1N. The van der Waals surface area contributed by atoms with E-state index in [1.54, 1.807) is 30.3 Å². The number of phenolic OH excluding ortho intramolecular Hbond substituents is 1. The lowest BCUT2D eigenvalue weighted by Crippen LogP contribution is -2.16. The number of anilines is 1. The van der Waals surface area contributed by atoms with Gasteiger partial charge in [-0.1, -0.05) is 49.9 Å². The summed E-state index contributed by atoms with van der Waals surface area (Å²) in [6.07, 6.45) is 0.569. The van der Waals surface area contributed by atoms with E-state index in [2.05, 4.69) is 11.1 Å². The van der Waals surface area contributed by atoms with Crippen molar-refractivity contribution in [2.45, 2.75) is 19.9 Å². The average Bonchev–Trinajstić information content (AvgIpc) is 2.62. The normalized spacial score (nSPS) is 11.2. The van der Waals surface area contributed by atoms with E-state index in [0.717, 1.165) is 5.56 Å². The van der Waals surface area contributed by atoms with Crippen LogP contribution < -0.4 is 11.5 Å². The fourth-order valence-electron chi connectivity index (χ4n) is 2.81. The zero-order valence-electron chi connectivity index (χ0n) is 13.6. The Morgan fingerprint density at radius 1 is 1.08 bits per heavy atom. The smallest absolute Gasteiger partial charge is 0.142 e. The summed E-state index contributed by atoms with van der Waals surface area (Å²) in [7, 11) is 0. The second kappa shape index (κ2) is 8.15. The number of hydrogen-bond acceptors (Lipinski definition) is 5. The first-order valence-corrected chi connectivity index (χ1v) is 7.88. The first kappa shape index (κ1) is 19.0. The molecule has 0 bridgehead atoms. The van der Waals surface area contributed by atoms with Gasteiger partial charge >= 0.3 is 0 Å². The van der Waals surface area contributed by atoms with Crippen LogP contribution in [-0.4, -0.2) is 10.1 Å². The molecule has 3 rings (SSSR count). The minimum absolute atomic E-state index is 0. The maximum absolute atomic E-state index is 10.1. The minimum Gasteiger partial charge on any atom is -0.507 e. The third-order valence-electron chi connectivity index (χ3n) is 4.07. The number of phenols is 1. The van der Waals surface area contributed by atoms with Crippen molar-refractivity contribution in [3.05, 3.63) is 77.4 Å². The quantitative estimate of drug-likeness (QED) is 0.666. The van der Waals surface area contributed by atoms with Crippen LogP contribution in [0.3, 0.4) is 0 Å². The van der Waals surface area contributed by atoms with Crippen molar-refractivity contribution in [1.29, 1.82) is 5.26 Å². The van der Waals surface area contributed by atoms with Crippen LogP contribution in [0.4, 0.5) is 5.82 Å². The second-order valence-corrected chi connectivity index (χ2v) is 5.78. The number of nitrogens with zero attached hydrogens (tertiary/aromatic N) is 2. The van der Waals surface area contributed by atoms with Gasteiger partial charge < -0.3 is 16.6 Å². The van der Waals surface area contributed by atoms with Crippen molar-refractivity contribution in [1.82, 2.24) is 4.98 Å². The number of benzene rings is 2. The molecule has 1 aromatic heterocycles. The molecule has 0 aliphatic rings. The number of aromatic hydroxyl groups is 1. The van der Waals surface area contributed by atoms with E-state index >= 15 is 0 Å². The Hall–Kier alpha value is -3.36. The average molecular weight is 346 g/mol. The molecule has 0 aliphatic carbocycles. The first-order valence-electron chi connectivity index (χ1n) is 7.88. The number of rotatable bonds is 4. The zero-order valence-corrected chi connectivity index (χ0v) is 13.6. The van der Waals surface area contributed by atoms with E-state index in [1.165, 1.54) is 0 Å². The molecule has 132 valence electrons. The van der Waals surface area contributed by atoms with Crippen molar-refractivity contribution in [2.24, 2.45) is 5.73 Å². The predicted octanol–water partition coefficient (Wildman–Crippen LogP) is 3.79. The van der Waals surface area contributed by atoms with Crippen LogP contribution in [0.2, 0.25) is 0 Å². The highest BCUT2D eigenvalue weighted by molar-refractivity contribution is 5.71. The van der Waals surface area contributed by atoms with Crippen LogP contribution >= 0.6 is 0 Å².